The number of hydrogen-bond acceptors (Lipinski definition) is 3. The summed E-state index contributed by atoms with van der Waals surface area (Å²) in [7, 11) is 1.79. The van der Waals surface area contributed by atoms with Crippen molar-refractivity contribution in [2.24, 2.45) is 0 Å². The molecule has 0 unspecified atom stereocenters. The molecule has 2 rings (SSSR count). The lowest BCUT2D eigenvalue weighted by Crippen LogP contribution is -1.98. The molecule has 0 fully saturated rings. The molecule has 0 aliphatic carbocycles. The molecule has 0 saturated carbocycles. The van der Waals surface area contributed by atoms with E-state index >= 15 is 0 Å². The minimum absolute atomic E-state index is 0.0816. The van der Waals surface area contributed by atoms with Gasteiger partial charge in [0.05, 0.1) is 0 Å². The number of nitrogens with one attached hydrogen (secondary N) is 1. The third-order valence-electron chi connectivity index (χ3n) is 2.15. The molecule has 4 heteroatoms. The molecule has 0 bridgehead atoms. The van der Waals surface area contributed by atoms with Gasteiger partial charge in [0, 0.05) is 17.8 Å². The van der Waals surface area contributed by atoms with Crippen LogP contribution in [-0.4, -0.2) is 20.3 Å². The summed E-state index contributed by atoms with van der Waals surface area (Å²) in [6, 6.07) is 5.51. The van der Waals surface area contributed by atoms with Crippen LogP contribution in [0, 0.1) is 0 Å². The van der Waals surface area contributed by atoms with Gasteiger partial charge in [-0.1, -0.05) is 0 Å². The van der Waals surface area contributed by atoms with Crippen LogP contribution in [0.2, 0.25) is 0 Å². The Hall–Kier alpha value is -1.71. The molecule has 15 heavy (non-hydrogen) atoms. The molecule has 3 nitrogen and oxygen atoms in total. The molecular formula is C11H12FNO2. The first-order valence-electron chi connectivity index (χ1n) is 4.73. The lowest BCUT2D eigenvalue weighted by molar-refractivity contribution is 0.273. The minimum Gasteiger partial charge on any atom is -0.491 e. The average Bonchev–Trinajstić information content (AvgIpc) is 2.68. The molecule has 1 N–H and O–H groups in total. The van der Waals surface area contributed by atoms with E-state index in [2.05, 4.69) is 5.32 Å². The summed E-state index contributed by atoms with van der Waals surface area (Å²) in [4.78, 5) is 0. The van der Waals surface area contributed by atoms with Crippen molar-refractivity contribution >= 4 is 16.7 Å². The number of rotatable bonds is 4. The van der Waals surface area contributed by atoms with Crippen molar-refractivity contribution in [3.63, 3.8) is 0 Å². The third-order valence-corrected chi connectivity index (χ3v) is 2.15. The highest BCUT2D eigenvalue weighted by atomic mass is 19.1. The average molecular weight is 209 g/mol. The number of alkyl halides is 1. The lowest BCUT2D eigenvalue weighted by atomic mass is 10.2. The van der Waals surface area contributed by atoms with Crippen molar-refractivity contribution in [1.29, 1.82) is 0 Å². The molecule has 1 aromatic heterocycles. The van der Waals surface area contributed by atoms with Gasteiger partial charge in [0.25, 0.3) is 0 Å². The van der Waals surface area contributed by atoms with Crippen LogP contribution >= 0.6 is 0 Å². The van der Waals surface area contributed by atoms with Gasteiger partial charge in [-0.3, -0.25) is 0 Å². The van der Waals surface area contributed by atoms with Crippen molar-refractivity contribution in [3.8, 4) is 5.75 Å². The Balaban J connectivity index is 2.35. The molecule has 0 aliphatic heterocycles. The monoisotopic (exact) mass is 209 g/mol. The zero-order chi connectivity index (χ0) is 10.7. The van der Waals surface area contributed by atoms with Crippen LogP contribution in [0.4, 0.5) is 10.3 Å². The summed E-state index contributed by atoms with van der Waals surface area (Å²) in [5.74, 6) is 1.34. The maximum Gasteiger partial charge on any atom is 0.200 e. The largest absolute Gasteiger partial charge is 0.491 e. The number of ether oxygens (including phenoxy) is 1. The number of hydrogen-bond donors (Lipinski definition) is 1. The first-order valence-corrected chi connectivity index (χ1v) is 4.73. The minimum atomic E-state index is -0.484. The van der Waals surface area contributed by atoms with Gasteiger partial charge in [-0.25, -0.2) is 4.39 Å². The molecule has 0 aliphatic rings. The predicted octanol–water partition coefficient (Wildman–Crippen LogP) is 2.82. The standard InChI is InChI=1S/C11H12FNO2/c1-13-11-10-6-9(14-5-4-12)3-2-8(10)7-15-11/h2-3,6-7,13H,4-5H2,1H3. The Kier molecular flexibility index (Phi) is 2.76. The van der Waals surface area contributed by atoms with E-state index in [0.29, 0.717) is 11.6 Å². The molecule has 1 aromatic carbocycles. The van der Waals surface area contributed by atoms with Crippen molar-refractivity contribution in [2.45, 2.75) is 0 Å². The van der Waals surface area contributed by atoms with Crippen molar-refractivity contribution in [1.82, 2.24) is 0 Å². The van der Waals surface area contributed by atoms with Crippen molar-refractivity contribution in [2.75, 3.05) is 25.6 Å². The lowest BCUT2D eigenvalue weighted by Gasteiger charge is -2.03. The summed E-state index contributed by atoms with van der Waals surface area (Å²) >= 11 is 0. The highest BCUT2D eigenvalue weighted by Gasteiger charge is 2.05. The van der Waals surface area contributed by atoms with Crippen LogP contribution in [0.25, 0.3) is 10.8 Å². The molecular weight excluding hydrogens is 197 g/mol. The van der Waals surface area contributed by atoms with Crippen molar-refractivity contribution < 1.29 is 13.5 Å². The van der Waals surface area contributed by atoms with Crippen LogP contribution in [0.1, 0.15) is 0 Å². The van der Waals surface area contributed by atoms with Crippen LogP contribution < -0.4 is 10.1 Å². The van der Waals surface area contributed by atoms with Crippen molar-refractivity contribution in [3.05, 3.63) is 24.5 Å². The van der Waals surface area contributed by atoms with Gasteiger partial charge in [-0.15, -0.1) is 0 Å². The quantitative estimate of drug-likeness (QED) is 0.840. The smallest absolute Gasteiger partial charge is 0.200 e. The Morgan fingerprint density at radius 2 is 2.33 bits per heavy atom. The summed E-state index contributed by atoms with van der Waals surface area (Å²) in [6.07, 6.45) is 1.67. The number of halogens is 1. The second kappa shape index (κ2) is 4.21. The Morgan fingerprint density at radius 3 is 3.07 bits per heavy atom. The first kappa shape index (κ1) is 9.83. The van der Waals surface area contributed by atoms with E-state index in [9.17, 15) is 4.39 Å². The van der Waals surface area contributed by atoms with E-state index in [1.54, 1.807) is 19.4 Å². The van der Waals surface area contributed by atoms with Crippen LogP contribution in [0.15, 0.2) is 28.9 Å². The zero-order valence-corrected chi connectivity index (χ0v) is 8.42. The topological polar surface area (TPSA) is 34.4 Å². The molecule has 0 atom stereocenters. The Morgan fingerprint density at radius 1 is 1.47 bits per heavy atom. The summed E-state index contributed by atoms with van der Waals surface area (Å²) < 4.78 is 22.4. The van der Waals surface area contributed by atoms with E-state index in [1.807, 2.05) is 12.1 Å². The highest BCUT2D eigenvalue weighted by molar-refractivity contribution is 5.92. The van der Waals surface area contributed by atoms with Crippen LogP contribution in [0.5, 0.6) is 5.75 Å². The second-order valence-corrected chi connectivity index (χ2v) is 3.10. The Labute approximate surface area is 86.8 Å². The maximum atomic E-state index is 11.9. The summed E-state index contributed by atoms with van der Waals surface area (Å²) in [6.45, 7) is -0.402. The number of benzene rings is 1. The molecule has 0 spiro atoms. The van der Waals surface area contributed by atoms with Crippen LogP contribution in [0.3, 0.4) is 0 Å². The van der Waals surface area contributed by atoms with Gasteiger partial charge in [0.2, 0.25) is 0 Å². The number of furan rings is 1. The normalized spacial score (nSPS) is 10.5. The van der Waals surface area contributed by atoms with Gasteiger partial charge in [-0.2, -0.15) is 0 Å². The van der Waals surface area contributed by atoms with E-state index in [0.717, 1.165) is 10.8 Å². The number of anilines is 1. The van der Waals surface area contributed by atoms with E-state index in [-0.39, 0.29) is 6.61 Å². The van der Waals surface area contributed by atoms with E-state index in [1.165, 1.54) is 0 Å². The van der Waals surface area contributed by atoms with Gasteiger partial charge < -0.3 is 14.5 Å². The fourth-order valence-corrected chi connectivity index (χ4v) is 1.46. The zero-order valence-electron chi connectivity index (χ0n) is 8.42. The van der Waals surface area contributed by atoms with Gasteiger partial charge in [-0.05, 0) is 18.2 Å². The fraction of sp³-hybridized carbons (Fsp3) is 0.273. The highest BCUT2D eigenvalue weighted by Crippen LogP contribution is 2.28. The molecule has 80 valence electrons. The fourth-order valence-electron chi connectivity index (χ4n) is 1.46. The summed E-state index contributed by atoms with van der Waals surface area (Å²) in [5, 5.41) is 4.87. The number of fused-ring (bicyclic) bond motifs is 1. The summed E-state index contributed by atoms with van der Waals surface area (Å²) in [5.41, 5.74) is 0. The van der Waals surface area contributed by atoms with Gasteiger partial charge in [0.1, 0.15) is 25.3 Å². The molecule has 0 saturated heterocycles. The Bertz CT molecular complexity index is 453. The first-order chi connectivity index (χ1) is 7.35. The van der Waals surface area contributed by atoms with E-state index < -0.39 is 6.67 Å². The molecule has 2 aromatic rings. The van der Waals surface area contributed by atoms with Crippen LogP contribution in [-0.2, 0) is 0 Å². The predicted molar refractivity (Wildman–Crippen MR) is 57.2 cm³/mol. The SMILES string of the molecule is CNc1occ2ccc(OCCF)cc12. The molecule has 0 radical (unpaired) electrons. The van der Waals surface area contributed by atoms with E-state index in [4.69, 9.17) is 9.15 Å². The van der Waals surface area contributed by atoms with Gasteiger partial charge >= 0.3 is 0 Å². The molecule has 0 amide bonds. The maximum absolute atomic E-state index is 11.9. The van der Waals surface area contributed by atoms with Gasteiger partial charge in [0.15, 0.2) is 5.88 Å². The molecule has 1 heterocycles. The second-order valence-electron chi connectivity index (χ2n) is 3.10. The third kappa shape index (κ3) is 1.88.